The lowest BCUT2D eigenvalue weighted by Crippen LogP contribution is -2.38. The van der Waals surface area contributed by atoms with Crippen LogP contribution in [0.3, 0.4) is 0 Å². The smallest absolute Gasteiger partial charge is 0.246 e. The molecule has 0 N–H and O–H groups in total. The van der Waals surface area contributed by atoms with Gasteiger partial charge in [-0.15, -0.1) is 0 Å². The molecular formula is C22H26N4O2S. The van der Waals surface area contributed by atoms with E-state index in [-0.39, 0.29) is 10.8 Å². The molecule has 3 aromatic rings. The number of nitrogens with zero attached hydrogens (tertiary/aromatic N) is 4. The number of hydrogen-bond acceptors (Lipinski definition) is 4. The summed E-state index contributed by atoms with van der Waals surface area (Å²) >= 11 is 0. The standard InChI is InChI=1S/C22H26N4O2S/c1-3-25-16-21(15-23-25)29(27,28)26-11-9-19(10-12-26)22-14-20(13-17(2)24-22)18-7-5-4-6-8-18/h4-8,13-16,19H,3,9-12H2,1-2H3. The molecular weight excluding hydrogens is 384 g/mol. The molecule has 0 amide bonds. The second-order valence-corrected chi connectivity index (χ2v) is 9.44. The van der Waals surface area contributed by atoms with Gasteiger partial charge in [-0.3, -0.25) is 9.67 Å². The second kappa shape index (κ2) is 8.08. The summed E-state index contributed by atoms with van der Waals surface area (Å²) in [6.45, 7) is 5.61. The molecule has 1 aliphatic rings. The second-order valence-electron chi connectivity index (χ2n) is 7.50. The Labute approximate surface area is 172 Å². The fraction of sp³-hybridized carbons (Fsp3) is 0.364. The summed E-state index contributed by atoms with van der Waals surface area (Å²) in [7, 11) is -3.49. The Morgan fingerprint density at radius 3 is 2.45 bits per heavy atom. The zero-order valence-corrected chi connectivity index (χ0v) is 17.6. The molecule has 6 nitrogen and oxygen atoms in total. The molecule has 0 unspecified atom stereocenters. The van der Waals surface area contributed by atoms with Crippen molar-refractivity contribution < 1.29 is 8.42 Å². The number of aryl methyl sites for hydroxylation is 2. The highest BCUT2D eigenvalue weighted by atomic mass is 32.2. The van der Waals surface area contributed by atoms with Crippen LogP contribution in [0.5, 0.6) is 0 Å². The molecule has 2 aromatic heterocycles. The first-order chi connectivity index (χ1) is 14.0. The van der Waals surface area contributed by atoms with E-state index < -0.39 is 10.0 Å². The van der Waals surface area contributed by atoms with Crippen LogP contribution in [-0.2, 0) is 16.6 Å². The van der Waals surface area contributed by atoms with E-state index >= 15 is 0 Å². The summed E-state index contributed by atoms with van der Waals surface area (Å²) < 4.78 is 29.0. The Kier molecular flexibility index (Phi) is 5.52. The van der Waals surface area contributed by atoms with Crippen molar-refractivity contribution in [3.05, 3.63) is 66.2 Å². The molecule has 152 valence electrons. The Bertz CT molecular complexity index is 1090. The van der Waals surface area contributed by atoms with Crippen molar-refractivity contribution in [3.8, 4) is 11.1 Å². The lowest BCUT2D eigenvalue weighted by molar-refractivity contribution is 0.316. The van der Waals surface area contributed by atoms with Gasteiger partial charge < -0.3 is 0 Å². The molecule has 0 bridgehead atoms. The van der Waals surface area contributed by atoms with Gasteiger partial charge in [-0.05, 0) is 49.9 Å². The van der Waals surface area contributed by atoms with Gasteiger partial charge in [0.05, 0.1) is 6.20 Å². The molecule has 0 aliphatic carbocycles. The van der Waals surface area contributed by atoms with E-state index in [1.165, 1.54) is 11.8 Å². The molecule has 4 rings (SSSR count). The van der Waals surface area contributed by atoms with Crippen LogP contribution in [0.2, 0.25) is 0 Å². The predicted molar refractivity (Wildman–Crippen MR) is 113 cm³/mol. The number of hydrogen-bond donors (Lipinski definition) is 0. The van der Waals surface area contributed by atoms with Gasteiger partial charge >= 0.3 is 0 Å². The largest absolute Gasteiger partial charge is 0.272 e. The minimum absolute atomic E-state index is 0.266. The lowest BCUT2D eigenvalue weighted by Gasteiger charge is -2.30. The van der Waals surface area contributed by atoms with E-state index in [4.69, 9.17) is 4.98 Å². The number of sulfonamides is 1. The Hall–Kier alpha value is -2.51. The van der Waals surface area contributed by atoms with Gasteiger partial charge in [0.2, 0.25) is 10.0 Å². The predicted octanol–water partition coefficient (Wildman–Crippen LogP) is 3.84. The monoisotopic (exact) mass is 410 g/mol. The summed E-state index contributed by atoms with van der Waals surface area (Å²) in [5.74, 6) is 0.266. The Balaban J connectivity index is 1.51. The molecule has 1 aliphatic heterocycles. The van der Waals surface area contributed by atoms with Gasteiger partial charge in [0.1, 0.15) is 4.90 Å². The summed E-state index contributed by atoms with van der Waals surface area (Å²) in [4.78, 5) is 5.04. The molecule has 0 atom stereocenters. The van der Waals surface area contributed by atoms with Crippen LogP contribution in [0.4, 0.5) is 0 Å². The van der Waals surface area contributed by atoms with E-state index in [2.05, 4.69) is 29.4 Å². The molecule has 0 saturated carbocycles. The molecule has 0 spiro atoms. The van der Waals surface area contributed by atoms with Crippen LogP contribution >= 0.6 is 0 Å². The highest BCUT2D eigenvalue weighted by Gasteiger charge is 2.31. The summed E-state index contributed by atoms with van der Waals surface area (Å²) in [6, 6.07) is 14.5. The van der Waals surface area contributed by atoms with Crippen LogP contribution in [0.25, 0.3) is 11.1 Å². The van der Waals surface area contributed by atoms with Gasteiger partial charge in [-0.2, -0.15) is 9.40 Å². The van der Waals surface area contributed by atoms with E-state index in [0.717, 1.165) is 29.8 Å². The highest BCUT2D eigenvalue weighted by molar-refractivity contribution is 7.89. The first-order valence-electron chi connectivity index (χ1n) is 10.0. The van der Waals surface area contributed by atoms with Gasteiger partial charge in [0.15, 0.2) is 0 Å². The van der Waals surface area contributed by atoms with E-state index in [1.807, 2.05) is 32.0 Å². The topological polar surface area (TPSA) is 68.1 Å². The highest BCUT2D eigenvalue weighted by Crippen LogP contribution is 2.32. The van der Waals surface area contributed by atoms with Crippen LogP contribution in [0.15, 0.2) is 59.8 Å². The van der Waals surface area contributed by atoms with Gasteiger partial charge in [0, 0.05) is 43.1 Å². The molecule has 7 heteroatoms. The summed E-state index contributed by atoms with van der Waals surface area (Å²) in [5, 5.41) is 4.11. The molecule has 1 saturated heterocycles. The minimum atomic E-state index is -3.49. The third-order valence-electron chi connectivity index (χ3n) is 5.52. The van der Waals surface area contributed by atoms with Crippen LogP contribution in [0, 0.1) is 6.92 Å². The van der Waals surface area contributed by atoms with Crippen molar-refractivity contribution in [2.45, 2.75) is 44.0 Å². The lowest BCUT2D eigenvalue weighted by atomic mass is 9.92. The maximum atomic E-state index is 12.9. The number of pyridine rings is 1. The van der Waals surface area contributed by atoms with Crippen LogP contribution in [0.1, 0.15) is 37.1 Å². The fourth-order valence-corrected chi connectivity index (χ4v) is 5.32. The van der Waals surface area contributed by atoms with Crippen molar-refractivity contribution in [2.75, 3.05) is 13.1 Å². The number of piperidine rings is 1. The maximum Gasteiger partial charge on any atom is 0.246 e. The van der Waals surface area contributed by atoms with Crippen molar-refractivity contribution >= 4 is 10.0 Å². The van der Waals surface area contributed by atoms with Crippen LogP contribution < -0.4 is 0 Å². The van der Waals surface area contributed by atoms with Crippen molar-refractivity contribution in [2.24, 2.45) is 0 Å². The first-order valence-corrected chi connectivity index (χ1v) is 11.5. The maximum absolute atomic E-state index is 12.9. The van der Waals surface area contributed by atoms with Crippen molar-refractivity contribution in [1.29, 1.82) is 0 Å². The first kappa shape index (κ1) is 19.8. The average Bonchev–Trinajstić information content (AvgIpc) is 3.24. The van der Waals surface area contributed by atoms with Crippen LogP contribution in [-0.4, -0.2) is 40.6 Å². The zero-order chi connectivity index (χ0) is 20.4. The molecule has 3 heterocycles. The quantitative estimate of drug-likeness (QED) is 0.641. The van der Waals surface area contributed by atoms with E-state index in [1.54, 1.807) is 15.2 Å². The third-order valence-corrected chi connectivity index (χ3v) is 7.38. The minimum Gasteiger partial charge on any atom is -0.272 e. The third kappa shape index (κ3) is 4.11. The molecule has 1 aromatic carbocycles. The van der Waals surface area contributed by atoms with Gasteiger partial charge in [0.25, 0.3) is 0 Å². The van der Waals surface area contributed by atoms with Gasteiger partial charge in [-0.25, -0.2) is 8.42 Å². The summed E-state index contributed by atoms with van der Waals surface area (Å²) in [5.41, 5.74) is 4.38. The zero-order valence-electron chi connectivity index (χ0n) is 16.8. The number of aromatic nitrogens is 3. The Morgan fingerprint density at radius 1 is 1.07 bits per heavy atom. The van der Waals surface area contributed by atoms with Gasteiger partial charge in [-0.1, -0.05) is 30.3 Å². The van der Waals surface area contributed by atoms with Crippen molar-refractivity contribution in [1.82, 2.24) is 19.1 Å². The average molecular weight is 411 g/mol. The molecule has 1 fully saturated rings. The number of rotatable bonds is 5. The Morgan fingerprint density at radius 2 is 1.79 bits per heavy atom. The molecule has 0 radical (unpaired) electrons. The van der Waals surface area contributed by atoms with Crippen molar-refractivity contribution in [3.63, 3.8) is 0 Å². The summed E-state index contributed by atoms with van der Waals surface area (Å²) in [6.07, 6.45) is 4.59. The number of benzene rings is 1. The van der Waals surface area contributed by atoms with E-state index in [9.17, 15) is 8.42 Å². The molecule has 29 heavy (non-hydrogen) atoms. The normalized spacial score (nSPS) is 16.2. The fourth-order valence-electron chi connectivity index (χ4n) is 3.89. The SMILES string of the molecule is CCn1cc(S(=O)(=O)N2CCC(c3cc(-c4ccccc4)cc(C)n3)CC2)cn1. The van der Waals surface area contributed by atoms with E-state index in [0.29, 0.717) is 19.6 Å².